The van der Waals surface area contributed by atoms with E-state index in [9.17, 15) is 4.79 Å². The highest BCUT2D eigenvalue weighted by atomic mass is 16.5. The Morgan fingerprint density at radius 2 is 1.71 bits per heavy atom. The van der Waals surface area contributed by atoms with Crippen molar-refractivity contribution in [2.24, 2.45) is 0 Å². The number of ether oxygens (including phenoxy) is 1. The molecule has 0 bridgehead atoms. The van der Waals surface area contributed by atoms with Crippen LogP contribution in [0, 0.1) is 0 Å². The summed E-state index contributed by atoms with van der Waals surface area (Å²) in [5.41, 5.74) is 0.704. The number of rotatable bonds is 11. The van der Waals surface area contributed by atoms with Gasteiger partial charge in [-0.25, -0.2) is 4.79 Å². The molecular weight excluding hydrogens is 260 g/mol. The molecule has 0 radical (unpaired) electrons. The fourth-order valence-electron chi connectivity index (χ4n) is 2.35. The molecule has 1 heterocycles. The van der Waals surface area contributed by atoms with Gasteiger partial charge in [0.15, 0.2) is 0 Å². The van der Waals surface area contributed by atoms with Gasteiger partial charge in [0.05, 0.1) is 5.57 Å². The van der Waals surface area contributed by atoms with Crippen molar-refractivity contribution >= 4 is 5.97 Å². The summed E-state index contributed by atoms with van der Waals surface area (Å²) in [6.07, 6.45) is 21.7. The Hall–Kier alpha value is -1.57. The molecule has 0 aliphatic carbocycles. The van der Waals surface area contributed by atoms with E-state index >= 15 is 0 Å². The summed E-state index contributed by atoms with van der Waals surface area (Å²) in [4.78, 5) is 11.4. The fourth-order valence-corrected chi connectivity index (χ4v) is 2.35. The van der Waals surface area contributed by atoms with Crippen LogP contribution in [0.15, 0.2) is 48.6 Å². The molecule has 0 aromatic rings. The van der Waals surface area contributed by atoms with Gasteiger partial charge in [0.1, 0.15) is 6.10 Å². The van der Waals surface area contributed by atoms with Crippen LogP contribution in [0.2, 0.25) is 0 Å². The van der Waals surface area contributed by atoms with Gasteiger partial charge in [0, 0.05) is 0 Å². The highest BCUT2D eigenvalue weighted by molar-refractivity contribution is 5.93. The molecule has 1 aliphatic rings. The van der Waals surface area contributed by atoms with E-state index in [1.807, 2.05) is 31.2 Å². The number of unbranched alkanes of at least 4 members (excludes halogenated alkanes) is 7. The molecule has 1 aliphatic heterocycles. The van der Waals surface area contributed by atoms with Crippen LogP contribution in [0.4, 0.5) is 0 Å². The molecule has 0 amide bonds. The van der Waals surface area contributed by atoms with Gasteiger partial charge >= 0.3 is 5.97 Å². The second kappa shape index (κ2) is 11.1. The predicted octanol–water partition coefficient (Wildman–Crippen LogP) is 5.28. The van der Waals surface area contributed by atoms with Gasteiger partial charge in [0.25, 0.3) is 0 Å². The first-order chi connectivity index (χ1) is 10.2. The molecule has 1 rings (SSSR count). The van der Waals surface area contributed by atoms with E-state index in [4.69, 9.17) is 4.74 Å². The molecule has 0 saturated carbocycles. The third-order valence-corrected chi connectivity index (χ3v) is 3.50. The Morgan fingerprint density at radius 1 is 1.10 bits per heavy atom. The van der Waals surface area contributed by atoms with E-state index in [-0.39, 0.29) is 12.1 Å². The Labute approximate surface area is 129 Å². The van der Waals surface area contributed by atoms with Gasteiger partial charge in [0.2, 0.25) is 0 Å². The Bertz CT molecular complexity index is 402. The minimum Gasteiger partial charge on any atom is -0.455 e. The molecule has 1 atom stereocenters. The number of hydrogen-bond donors (Lipinski definition) is 0. The molecule has 0 fully saturated rings. The molecule has 0 aromatic carbocycles. The lowest BCUT2D eigenvalue weighted by Gasteiger charge is -1.99. The number of carbonyl (C=O) groups is 1. The molecule has 116 valence electrons. The van der Waals surface area contributed by atoms with Crippen LogP contribution in [-0.2, 0) is 9.53 Å². The summed E-state index contributed by atoms with van der Waals surface area (Å²) in [5, 5.41) is 0. The van der Waals surface area contributed by atoms with Crippen molar-refractivity contribution in [3.05, 3.63) is 48.6 Å². The zero-order chi connectivity index (χ0) is 15.3. The van der Waals surface area contributed by atoms with Gasteiger partial charge in [-0.1, -0.05) is 62.6 Å². The summed E-state index contributed by atoms with van der Waals surface area (Å²) in [7, 11) is 0. The van der Waals surface area contributed by atoms with Crippen LogP contribution < -0.4 is 0 Å². The van der Waals surface area contributed by atoms with Gasteiger partial charge in [-0.2, -0.15) is 0 Å². The lowest BCUT2D eigenvalue weighted by Crippen LogP contribution is -2.02. The van der Waals surface area contributed by atoms with Gasteiger partial charge in [-0.3, -0.25) is 0 Å². The molecule has 0 N–H and O–H groups in total. The summed E-state index contributed by atoms with van der Waals surface area (Å²) < 4.78 is 5.04. The number of carbonyl (C=O) groups excluding carboxylic acids is 1. The van der Waals surface area contributed by atoms with Crippen molar-refractivity contribution in [1.29, 1.82) is 0 Å². The van der Waals surface area contributed by atoms with E-state index in [0.29, 0.717) is 5.57 Å². The predicted molar refractivity (Wildman–Crippen MR) is 89.1 cm³/mol. The molecule has 0 saturated heterocycles. The largest absolute Gasteiger partial charge is 0.455 e. The van der Waals surface area contributed by atoms with Crippen molar-refractivity contribution in [2.45, 2.75) is 64.4 Å². The van der Waals surface area contributed by atoms with Gasteiger partial charge in [-0.15, -0.1) is 0 Å². The average molecular weight is 288 g/mol. The zero-order valence-electron chi connectivity index (χ0n) is 13.2. The highest BCUT2D eigenvalue weighted by Crippen LogP contribution is 2.15. The number of allylic oxidation sites excluding steroid dienone is 4. The summed E-state index contributed by atoms with van der Waals surface area (Å²) in [5.74, 6) is -0.191. The molecule has 2 heteroatoms. The summed E-state index contributed by atoms with van der Waals surface area (Å²) in [6.45, 7) is 5.54. The van der Waals surface area contributed by atoms with E-state index in [1.54, 1.807) is 0 Å². The maximum absolute atomic E-state index is 11.4. The Kier molecular flexibility index (Phi) is 9.26. The highest BCUT2D eigenvalue weighted by Gasteiger charge is 2.19. The molecular formula is C19H28O2. The van der Waals surface area contributed by atoms with Crippen molar-refractivity contribution in [3.8, 4) is 0 Å². The molecule has 0 spiro atoms. The van der Waals surface area contributed by atoms with E-state index in [2.05, 4.69) is 18.7 Å². The lowest BCUT2D eigenvalue weighted by atomic mass is 10.1. The second-order valence-electron chi connectivity index (χ2n) is 5.50. The van der Waals surface area contributed by atoms with Crippen LogP contribution in [0.25, 0.3) is 0 Å². The third kappa shape index (κ3) is 8.34. The number of hydrogen-bond acceptors (Lipinski definition) is 2. The molecule has 0 unspecified atom stereocenters. The number of esters is 1. The lowest BCUT2D eigenvalue weighted by molar-refractivity contribution is -0.138. The smallest absolute Gasteiger partial charge is 0.338 e. The summed E-state index contributed by atoms with van der Waals surface area (Å²) >= 11 is 0. The van der Waals surface area contributed by atoms with Crippen molar-refractivity contribution < 1.29 is 9.53 Å². The second-order valence-corrected chi connectivity index (χ2v) is 5.50. The molecule has 2 nitrogen and oxygen atoms in total. The minimum absolute atomic E-state index is 0.0709. The van der Waals surface area contributed by atoms with Crippen molar-refractivity contribution in [1.82, 2.24) is 0 Å². The molecule has 0 aromatic heterocycles. The monoisotopic (exact) mass is 288 g/mol. The topological polar surface area (TPSA) is 26.3 Å². The molecule has 21 heavy (non-hydrogen) atoms. The average Bonchev–Trinajstić information content (AvgIpc) is 2.78. The standard InChI is InChI=1S/C19H28O2/c1-3-4-5-6-7-8-9-10-11-12-13-14-15-18-16-17(2)21-19(18)20/h3-5,14-17H,1,6-13H2,2H3/b5-4+,15-14+/t17-/m0/s1. The van der Waals surface area contributed by atoms with E-state index in [1.165, 1.54) is 44.9 Å². The maximum Gasteiger partial charge on any atom is 0.338 e. The summed E-state index contributed by atoms with van der Waals surface area (Å²) in [6, 6.07) is 0. The normalized spacial score (nSPS) is 18.4. The van der Waals surface area contributed by atoms with Crippen LogP contribution in [0.3, 0.4) is 0 Å². The SMILES string of the molecule is C=C/C=C/CCCCCCCC/C=C/C1=C[C@H](C)OC1=O. The Morgan fingerprint density at radius 3 is 2.29 bits per heavy atom. The quantitative estimate of drug-likeness (QED) is 0.294. The minimum atomic E-state index is -0.191. The van der Waals surface area contributed by atoms with Crippen molar-refractivity contribution in [2.75, 3.05) is 0 Å². The third-order valence-electron chi connectivity index (χ3n) is 3.50. The van der Waals surface area contributed by atoms with Gasteiger partial charge < -0.3 is 4.74 Å². The van der Waals surface area contributed by atoms with Gasteiger partial charge in [-0.05, 0) is 38.7 Å². The van der Waals surface area contributed by atoms with Crippen molar-refractivity contribution in [3.63, 3.8) is 0 Å². The van der Waals surface area contributed by atoms with Crippen LogP contribution in [-0.4, -0.2) is 12.1 Å². The van der Waals surface area contributed by atoms with Crippen LogP contribution in [0.5, 0.6) is 0 Å². The first-order valence-electron chi connectivity index (χ1n) is 8.11. The maximum atomic E-state index is 11.4. The van der Waals surface area contributed by atoms with Crippen LogP contribution >= 0.6 is 0 Å². The number of cyclic esters (lactones) is 1. The first-order valence-corrected chi connectivity index (χ1v) is 8.11. The van der Waals surface area contributed by atoms with E-state index < -0.39 is 0 Å². The fraction of sp³-hybridized carbons (Fsp3) is 0.526. The first kappa shape index (κ1) is 17.5. The zero-order valence-corrected chi connectivity index (χ0v) is 13.2. The van der Waals surface area contributed by atoms with Crippen LogP contribution in [0.1, 0.15) is 58.3 Å². The Balaban J connectivity index is 1.93. The van der Waals surface area contributed by atoms with E-state index in [0.717, 1.165) is 6.42 Å².